The Balaban J connectivity index is 2.18. The van der Waals surface area contributed by atoms with E-state index in [2.05, 4.69) is 42.1 Å². The van der Waals surface area contributed by atoms with Gasteiger partial charge in [0.25, 0.3) is 0 Å². The van der Waals surface area contributed by atoms with Crippen LogP contribution >= 0.6 is 0 Å². The van der Waals surface area contributed by atoms with Gasteiger partial charge in [0.2, 0.25) is 5.91 Å². The lowest BCUT2D eigenvalue weighted by atomic mass is 9.95. The number of amides is 1. The molecule has 0 aliphatic heterocycles. The van der Waals surface area contributed by atoms with Crippen LogP contribution in [0.4, 0.5) is 0 Å². The molecule has 0 aromatic heterocycles. The third-order valence-electron chi connectivity index (χ3n) is 3.48. The van der Waals surface area contributed by atoms with Gasteiger partial charge in [-0.3, -0.25) is 4.79 Å². The number of carbonyl (C=O) groups is 1. The summed E-state index contributed by atoms with van der Waals surface area (Å²) < 4.78 is 0. The molecule has 0 saturated heterocycles. The van der Waals surface area contributed by atoms with Crippen molar-refractivity contribution < 1.29 is 4.79 Å². The maximum atomic E-state index is 11.5. The summed E-state index contributed by atoms with van der Waals surface area (Å²) in [6.45, 7) is 4.25. The van der Waals surface area contributed by atoms with E-state index in [-0.39, 0.29) is 17.7 Å². The molecule has 4 nitrogen and oxygen atoms in total. The highest BCUT2D eigenvalue weighted by Crippen LogP contribution is 2.48. The zero-order chi connectivity index (χ0) is 13.8. The van der Waals surface area contributed by atoms with Crippen LogP contribution in [0.2, 0.25) is 0 Å². The summed E-state index contributed by atoms with van der Waals surface area (Å²) in [4.78, 5) is 14.1. The monoisotopic (exact) mass is 255 g/mol. The van der Waals surface area contributed by atoms with Gasteiger partial charge in [-0.15, -0.1) is 0 Å². The van der Waals surface area contributed by atoms with Gasteiger partial charge in [-0.1, -0.05) is 55.8 Å². The van der Waals surface area contributed by atoms with Crippen LogP contribution in [-0.2, 0) is 4.79 Å². The first-order chi connectivity index (χ1) is 9.13. The molecule has 1 aromatic carbocycles. The normalized spacial score (nSPS) is 21.9. The van der Waals surface area contributed by atoms with Gasteiger partial charge in [-0.25, -0.2) is 0 Å². The fourth-order valence-electron chi connectivity index (χ4n) is 2.40. The van der Waals surface area contributed by atoms with Crippen LogP contribution in [0.5, 0.6) is 0 Å². The van der Waals surface area contributed by atoms with Crippen LogP contribution in [0.15, 0.2) is 41.0 Å². The lowest BCUT2D eigenvalue weighted by molar-refractivity contribution is -0.119. The quantitative estimate of drug-likeness (QED) is 0.451. The Morgan fingerprint density at radius 2 is 2.05 bits per heavy atom. The summed E-state index contributed by atoms with van der Waals surface area (Å²) >= 11 is 0. The Morgan fingerprint density at radius 3 is 2.63 bits per heavy atom. The highest BCUT2D eigenvalue weighted by atomic mass is 16.2. The topological polar surface area (TPSA) is 65.8 Å². The summed E-state index contributed by atoms with van der Waals surface area (Å²) in [6.07, 6.45) is 2.95. The first-order valence-electron chi connectivity index (χ1n) is 6.49. The van der Waals surface area contributed by atoms with Gasteiger partial charge in [-0.2, -0.15) is 0 Å². The molecule has 2 atom stereocenters. The summed E-state index contributed by atoms with van der Waals surface area (Å²) in [5.41, 5.74) is 10.7. The number of allylic oxidation sites excluding steroid dienone is 1. The van der Waals surface area contributed by atoms with Crippen molar-refractivity contribution >= 4 is 12.0 Å². The highest BCUT2D eigenvalue weighted by molar-refractivity contribution is 5.83. The van der Waals surface area contributed by atoms with Crippen molar-refractivity contribution in [3.8, 4) is 0 Å². The lowest BCUT2D eigenvalue weighted by Gasteiger charge is -2.11. The molecule has 0 radical (unpaired) electrons. The highest BCUT2D eigenvalue weighted by Gasteiger charge is 2.44. The molecular formula is C15H17N3O. The van der Waals surface area contributed by atoms with Crippen molar-refractivity contribution in [2.75, 3.05) is 0 Å². The van der Waals surface area contributed by atoms with Gasteiger partial charge < -0.3 is 0 Å². The first kappa shape index (κ1) is 13.4. The Labute approximate surface area is 112 Å². The number of rotatable bonds is 4. The Hall–Kier alpha value is -2.06. The van der Waals surface area contributed by atoms with Gasteiger partial charge >= 0.3 is 0 Å². The molecule has 0 spiro atoms. The summed E-state index contributed by atoms with van der Waals surface area (Å²) in [5.74, 6) is 0.174. The molecule has 1 fully saturated rings. The third kappa shape index (κ3) is 3.24. The standard InChI is InChI=1S/C15H17N3O/c1-10(2)12(8-11-6-4-3-5-7-11)13-9-14(13)15(19)17-18-16/h3-8,10,13-14H,9H2,1-2H3/t13-,14?/m0/s1. The molecule has 98 valence electrons. The molecule has 1 aliphatic carbocycles. The second kappa shape index (κ2) is 5.72. The fraction of sp³-hybridized carbons (Fsp3) is 0.400. The zero-order valence-corrected chi connectivity index (χ0v) is 11.2. The average molecular weight is 255 g/mol. The molecule has 1 saturated carbocycles. The second-order valence-electron chi connectivity index (χ2n) is 5.19. The van der Waals surface area contributed by atoms with Crippen LogP contribution in [0.1, 0.15) is 25.8 Å². The van der Waals surface area contributed by atoms with Crippen molar-refractivity contribution in [1.29, 1.82) is 0 Å². The van der Waals surface area contributed by atoms with E-state index in [1.165, 1.54) is 5.57 Å². The van der Waals surface area contributed by atoms with Crippen LogP contribution in [-0.4, -0.2) is 5.91 Å². The van der Waals surface area contributed by atoms with E-state index in [1.54, 1.807) is 0 Å². The Bertz CT molecular complexity index is 542. The smallest absolute Gasteiger partial charge is 0.222 e. The van der Waals surface area contributed by atoms with Crippen LogP contribution in [0.3, 0.4) is 0 Å². The van der Waals surface area contributed by atoms with Crippen molar-refractivity contribution in [3.05, 3.63) is 51.9 Å². The molecule has 19 heavy (non-hydrogen) atoms. The molecule has 1 unspecified atom stereocenters. The average Bonchev–Trinajstić information content (AvgIpc) is 3.17. The second-order valence-corrected chi connectivity index (χ2v) is 5.19. The van der Waals surface area contributed by atoms with Crippen LogP contribution in [0, 0.1) is 17.8 Å². The summed E-state index contributed by atoms with van der Waals surface area (Å²) in [6, 6.07) is 10.1. The lowest BCUT2D eigenvalue weighted by Crippen LogP contribution is -2.03. The van der Waals surface area contributed by atoms with Crippen LogP contribution in [0.25, 0.3) is 16.5 Å². The summed E-state index contributed by atoms with van der Waals surface area (Å²) in [5, 5.41) is 3.20. The predicted molar refractivity (Wildman–Crippen MR) is 75.0 cm³/mol. The molecular weight excluding hydrogens is 238 g/mol. The molecule has 1 aliphatic rings. The van der Waals surface area contributed by atoms with Crippen molar-refractivity contribution in [2.45, 2.75) is 20.3 Å². The minimum Gasteiger partial charge on any atom is -0.292 e. The largest absolute Gasteiger partial charge is 0.292 e. The third-order valence-corrected chi connectivity index (χ3v) is 3.48. The number of hydrogen-bond donors (Lipinski definition) is 0. The van der Waals surface area contributed by atoms with Gasteiger partial charge in [0.15, 0.2) is 0 Å². The molecule has 0 heterocycles. The van der Waals surface area contributed by atoms with E-state index >= 15 is 0 Å². The number of benzene rings is 1. The predicted octanol–water partition coefficient (Wildman–Crippen LogP) is 4.20. The molecule has 2 rings (SSSR count). The van der Waals surface area contributed by atoms with Crippen molar-refractivity contribution in [3.63, 3.8) is 0 Å². The van der Waals surface area contributed by atoms with Gasteiger partial charge in [0, 0.05) is 10.8 Å². The van der Waals surface area contributed by atoms with Gasteiger partial charge in [-0.05, 0) is 34.5 Å². The van der Waals surface area contributed by atoms with Gasteiger partial charge in [0.1, 0.15) is 0 Å². The van der Waals surface area contributed by atoms with Crippen molar-refractivity contribution in [1.82, 2.24) is 0 Å². The molecule has 0 N–H and O–H groups in total. The molecule has 0 bridgehead atoms. The van der Waals surface area contributed by atoms with E-state index in [4.69, 9.17) is 5.53 Å². The minimum atomic E-state index is -0.327. The minimum absolute atomic E-state index is 0.117. The SMILES string of the molecule is CC(C)C(=Cc1ccccc1)[C@@H]1CC1C(=O)N=[N+]=[N-]. The van der Waals surface area contributed by atoms with E-state index in [0.717, 1.165) is 12.0 Å². The zero-order valence-electron chi connectivity index (χ0n) is 11.2. The van der Waals surface area contributed by atoms with E-state index in [1.807, 2.05) is 18.2 Å². The van der Waals surface area contributed by atoms with E-state index in [9.17, 15) is 4.79 Å². The Kier molecular flexibility index (Phi) is 4.03. The summed E-state index contributed by atoms with van der Waals surface area (Å²) in [7, 11) is 0. The maximum absolute atomic E-state index is 11.5. The van der Waals surface area contributed by atoms with E-state index < -0.39 is 0 Å². The number of nitrogens with zero attached hydrogens (tertiary/aromatic N) is 3. The number of carbonyl (C=O) groups excluding carboxylic acids is 1. The first-order valence-corrected chi connectivity index (χ1v) is 6.49. The molecule has 1 aromatic rings. The number of hydrogen-bond acceptors (Lipinski definition) is 1. The molecule has 1 amide bonds. The van der Waals surface area contributed by atoms with Gasteiger partial charge in [0.05, 0.1) is 0 Å². The Morgan fingerprint density at radius 1 is 1.37 bits per heavy atom. The van der Waals surface area contributed by atoms with Crippen molar-refractivity contribution in [2.24, 2.45) is 22.9 Å². The van der Waals surface area contributed by atoms with E-state index in [0.29, 0.717) is 5.92 Å². The number of azide groups is 1. The molecule has 4 heteroatoms. The maximum Gasteiger partial charge on any atom is 0.222 e. The fourth-order valence-corrected chi connectivity index (χ4v) is 2.40. The van der Waals surface area contributed by atoms with Crippen LogP contribution < -0.4 is 0 Å².